The van der Waals surface area contributed by atoms with Crippen LogP contribution >= 0.6 is 11.3 Å². The third kappa shape index (κ3) is 3.03. The lowest BCUT2D eigenvalue weighted by Crippen LogP contribution is -2.14. The quantitative estimate of drug-likeness (QED) is 0.912. The first kappa shape index (κ1) is 15.0. The van der Waals surface area contributed by atoms with E-state index in [1.807, 2.05) is 13.8 Å². The van der Waals surface area contributed by atoms with E-state index < -0.39 is 10.0 Å². The van der Waals surface area contributed by atoms with Crippen molar-refractivity contribution in [2.24, 2.45) is 0 Å². The Hall–Kier alpha value is -1.37. The molecule has 0 fully saturated rings. The van der Waals surface area contributed by atoms with E-state index in [2.05, 4.69) is 4.72 Å². The molecule has 6 heteroatoms. The molecule has 0 aliphatic rings. The highest BCUT2D eigenvalue weighted by molar-refractivity contribution is 7.93. The maximum atomic E-state index is 12.4. The molecule has 0 aliphatic carbocycles. The summed E-state index contributed by atoms with van der Waals surface area (Å²) in [6.45, 7) is 5.38. The molecule has 0 bridgehead atoms. The molecule has 4 nitrogen and oxygen atoms in total. The molecule has 1 aromatic heterocycles. The van der Waals surface area contributed by atoms with E-state index in [9.17, 15) is 8.42 Å². The van der Waals surface area contributed by atoms with E-state index in [1.165, 1.54) is 11.3 Å². The highest BCUT2D eigenvalue weighted by Crippen LogP contribution is 2.28. The zero-order valence-corrected chi connectivity index (χ0v) is 13.2. The lowest BCUT2D eigenvalue weighted by molar-refractivity contribution is 0.282. The standard InChI is InChI=1S/C14H17NO3S2/c1-9-4-5-12(8-16)7-13(9)15-20(17,18)14-6-10(2)19-11(14)3/h4-7,15-16H,8H2,1-3H3. The average Bonchev–Trinajstić information content (AvgIpc) is 2.72. The first-order valence-electron chi connectivity index (χ1n) is 6.13. The van der Waals surface area contributed by atoms with Gasteiger partial charge in [0.15, 0.2) is 0 Å². The smallest absolute Gasteiger partial charge is 0.263 e. The highest BCUT2D eigenvalue weighted by atomic mass is 32.2. The maximum Gasteiger partial charge on any atom is 0.263 e. The van der Waals surface area contributed by atoms with Crippen molar-refractivity contribution in [3.8, 4) is 0 Å². The van der Waals surface area contributed by atoms with E-state index >= 15 is 0 Å². The Morgan fingerprint density at radius 1 is 1.20 bits per heavy atom. The van der Waals surface area contributed by atoms with Gasteiger partial charge in [0.05, 0.1) is 12.3 Å². The maximum absolute atomic E-state index is 12.4. The van der Waals surface area contributed by atoms with Crippen LogP contribution < -0.4 is 4.72 Å². The number of aryl methyl sites for hydroxylation is 3. The van der Waals surface area contributed by atoms with Gasteiger partial charge in [0.2, 0.25) is 0 Å². The number of thiophene rings is 1. The topological polar surface area (TPSA) is 66.4 Å². The third-order valence-electron chi connectivity index (χ3n) is 3.01. The minimum absolute atomic E-state index is 0.119. The van der Waals surface area contributed by atoms with Crippen molar-refractivity contribution in [1.29, 1.82) is 0 Å². The van der Waals surface area contributed by atoms with Gasteiger partial charge in [0.1, 0.15) is 4.90 Å². The first-order valence-corrected chi connectivity index (χ1v) is 8.43. The summed E-state index contributed by atoms with van der Waals surface area (Å²) in [5, 5.41) is 9.14. The van der Waals surface area contributed by atoms with Crippen LogP contribution in [-0.2, 0) is 16.6 Å². The zero-order valence-electron chi connectivity index (χ0n) is 11.6. The average molecular weight is 311 g/mol. The van der Waals surface area contributed by atoms with Crippen molar-refractivity contribution in [1.82, 2.24) is 0 Å². The van der Waals surface area contributed by atoms with Gasteiger partial charge in [-0.25, -0.2) is 8.42 Å². The van der Waals surface area contributed by atoms with Gasteiger partial charge in [-0.3, -0.25) is 4.72 Å². The molecule has 108 valence electrons. The van der Waals surface area contributed by atoms with Crippen LogP contribution in [0.15, 0.2) is 29.2 Å². The molecular formula is C14H17NO3S2. The first-order chi connectivity index (χ1) is 9.33. The Morgan fingerprint density at radius 2 is 1.90 bits per heavy atom. The number of hydrogen-bond acceptors (Lipinski definition) is 4. The van der Waals surface area contributed by atoms with Gasteiger partial charge in [-0.15, -0.1) is 11.3 Å². The lowest BCUT2D eigenvalue weighted by atomic mass is 10.1. The fraction of sp³-hybridized carbons (Fsp3) is 0.286. The number of aliphatic hydroxyl groups excluding tert-OH is 1. The van der Waals surface area contributed by atoms with Gasteiger partial charge in [-0.2, -0.15) is 0 Å². The van der Waals surface area contributed by atoms with Gasteiger partial charge in [0.25, 0.3) is 10.0 Å². The number of rotatable bonds is 4. The molecule has 0 saturated carbocycles. The summed E-state index contributed by atoms with van der Waals surface area (Å²) in [5.74, 6) is 0. The summed E-state index contributed by atoms with van der Waals surface area (Å²) in [6.07, 6.45) is 0. The van der Waals surface area contributed by atoms with Crippen LogP contribution in [-0.4, -0.2) is 13.5 Å². The van der Waals surface area contributed by atoms with Crippen molar-refractivity contribution in [2.45, 2.75) is 32.3 Å². The Balaban J connectivity index is 2.40. The highest BCUT2D eigenvalue weighted by Gasteiger charge is 2.20. The Bertz CT molecular complexity index is 733. The molecule has 0 spiro atoms. The van der Waals surface area contributed by atoms with E-state index in [0.29, 0.717) is 16.1 Å². The minimum atomic E-state index is -3.59. The number of benzene rings is 1. The number of sulfonamides is 1. The Kier molecular flexibility index (Phi) is 4.17. The second-order valence-electron chi connectivity index (χ2n) is 4.69. The molecule has 0 aliphatic heterocycles. The fourth-order valence-electron chi connectivity index (χ4n) is 1.95. The SMILES string of the molecule is Cc1cc(S(=O)(=O)Nc2cc(CO)ccc2C)c(C)s1. The van der Waals surface area contributed by atoms with Crippen LogP contribution in [0, 0.1) is 20.8 Å². The minimum Gasteiger partial charge on any atom is -0.392 e. The zero-order chi connectivity index (χ0) is 14.9. The Labute approximate surface area is 123 Å². The predicted molar refractivity (Wildman–Crippen MR) is 81.7 cm³/mol. The number of aliphatic hydroxyl groups is 1. The monoisotopic (exact) mass is 311 g/mol. The van der Waals surface area contributed by atoms with Crippen molar-refractivity contribution in [3.63, 3.8) is 0 Å². The van der Waals surface area contributed by atoms with E-state index in [4.69, 9.17) is 5.11 Å². The third-order valence-corrected chi connectivity index (χ3v) is 5.60. The van der Waals surface area contributed by atoms with Gasteiger partial charge >= 0.3 is 0 Å². The van der Waals surface area contributed by atoms with Crippen LogP contribution in [0.25, 0.3) is 0 Å². The van der Waals surface area contributed by atoms with Gasteiger partial charge in [0, 0.05) is 9.75 Å². The number of anilines is 1. The second-order valence-corrected chi connectivity index (χ2v) is 7.80. The summed E-state index contributed by atoms with van der Waals surface area (Å²) in [4.78, 5) is 2.04. The van der Waals surface area contributed by atoms with Crippen molar-refractivity contribution in [3.05, 3.63) is 45.1 Å². The summed E-state index contributed by atoms with van der Waals surface area (Å²) in [6, 6.07) is 6.89. The summed E-state index contributed by atoms with van der Waals surface area (Å²) in [5.41, 5.74) is 1.99. The number of hydrogen-bond donors (Lipinski definition) is 2. The predicted octanol–water partition coefficient (Wildman–Crippen LogP) is 2.97. The summed E-state index contributed by atoms with van der Waals surface area (Å²) in [7, 11) is -3.59. The molecule has 20 heavy (non-hydrogen) atoms. The van der Waals surface area contributed by atoms with Gasteiger partial charge < -0.3 is 5.11 Å². The van der Waals surface area contributed by atoms with Crippen molar-refractivity contribution < 1.29 is 13.5 Å². The fourth-order valence-corrected chi connectivity index (χ4v) is 4.63. The second kappa shape index (κ2) is 5.55. The van der Waals surface area contributed by atoms with Crippen molar-refractivity contribution >= 4 is 27.0 Å². The van der Waals surface area contributed by atoms with Crippen LogP contribution in [0.5, 0.6) is 0 Å². The molecule has 1 heterocycles. The summed E-state index contributed by atoms with van der Waals surface area (Å²) >= 11 is 1.46. The Morgan fingerprint density at radius 3 is 2.45 bits per heavy atom. The molecule has 0 amide bonds. The van der Waals surface area contributed by atoms with Crippen LogP contribution in [0.3, 0.4) is 0 Å². The molecule has 2 aromatic rings. The lowest BCUT2D eigenvalue weighted by Gasteiger charge is -2.11. The molecule has 0 unspecified atom stereocenters. The summed E-state index contributed by atoms with van der Waals surface area (Å²) < 4.78 is 27.4. The molecule has 1 aromatic carbocycles. The van der Waals surface area contributed by atoms with Crippen LogP contribution in [0.1, 0.15) is 20.9 Å². The van der Waals surface area contributed by atoms with Gasteiger partial charge in [-0.1, -0.05) is 12.1 Å². The molecule has 0 atom stereocenters. The van der Waals surface area contributed by atoms with E-state index in [0.717, 1.165) is 15.3 Å². The van der Waals surface area contributed by atoms with Gasteiger partial charge in [-0.05, 0) is 44.0 Å². The molecule has 0 radical (unpaired) electrons. The largest absolute Gasteiger partial charge is 0.392 e. The molecule has 2 N–H and O–H groups in total. The molecular weight excluding hydrogens is 294 g/mol. The van der Waals surface area contributed by atoms with Crippen LogP contribution in [0.4, 0.5) is 5.69 Å². The molecule has 2 rings (SSSR count). The normalized spacial score (nSPS) is 11.6. The van der Waals surface area contributed by atoms with Crippen molar-refractivity contribution in [2.75, 3.05) is 4.72 Å². The molecule has 0 saturated heterocycles. The van der Waals surface area contributed by atoms with E-state index in [1.54, 1.807) is 31.2 Å². The van der Waals surface area contributed by atoms with E-state index in [-0.39, 0.29) is 6.61 Å². The number of nitrogens with one attached hydrogen (secondary N) is 1. The van der Waals surface area contributed by atoms with Crippen LogP contribution in [0.2, 0.25) is 0 Å².